The molecule has 15 heteroatoms. The van der Waals surface area contributed by atoms with Crippen LogP contribution in [0.4, 0.5) is 0 Å². The molecule has 9 unspecified atom stereocenters. The van der Waals surface area contributed by atoms with E-state index in [2.05, 4.69) is 62.9 Å². The number of carbonyl (C=O) groups is 1. The summed E-state index contributed by atoms with van der Waals surface area (Å²) >= 11 is 0. The van der Waals surface area contributed by atoms with Crippen LogP contribution in [-0.2, 0) is 20.8 Å². The molecule has 60 heavy (non-hydrogen) atoms. The van der Waals surface area contributed by atoms with Gasteiger partial charge >= 0.3 is 5.97 Å². The van der Waals surface area contributed by atoms with Crippen LogP contribution in [0.3, 0.4) is 0 Å². The van der Waals surface area contributed by atoms with E-state index in [9.17, 15) is 14.7 Å². The largest absolute Gasteiger partial charge is 0.507 e. The zero-order valence-corrected chi connectivity index (χ0v) is 35.0. The highest BCUT2D eigenvalue weighted by molar-refractivity contribution is 8.76. The molecule has 8 N–H and O–H groups in total. The molecule has 0 amide bonds. The highest BCUT2D eigenvalue weighted by Gasteiger charge is 2.69. The van der Waals surface area contributed by atoms with E-state index in [0.717, 1.165) is 34.0 Å². The SMILES string of the molecule is Cc1cc(=O)c2c(O)c3c(cc2o1)OC1(C)CCSSCC2=C(N)NC(Cn4cc5cc[nH]c5c4)C=C2C2C=C(C=C(N)N2)CCC2OC24C(=O)OC1C3C1C=CC4CC1. The third-order valence-corrected chi connectivity index (χ3v) is 16.0. The van der Waals surface area contributed by atoms with Gasteiger partial charge in [-0.1, -0.05) is 45.9 Å². The summed E-state index contributed by atoms with van der Waals surface area (Å²) in [6, 6.07) is 4.91. The van der Waals surface area contributed by atoms with Crippen LogP contribution < -0.4 is 32.3 Å². The third kappa shape index (κ3) is 6.09. The normalized spacial score (nSPS) is 33.5. The summed E-state index contributed by atoms with van der Waals surface area (Å²) in [5.41, 5.74) is 16.0. The van der Waals surface area contributed by atoms with Crippen molar-refractivity contribution in [3.63, 3.8) is 0 Å². The first-order valence-electron chi connectivity index (χ1n) is 20.8. The number of ether oxygens (including phenoxy) is 3. The predicted molar refractivity (Wildman–Crippen MR) is 232 cm³/mol. The van der Waals surface area contributed by atoms with Gasteiger partial charge in [-0.2, -0.15) is 0 Å². The number of H-pyrrole nitrogens is 1. The molecule has 9 atom stereocenters. The molecular formula is C45H48N6O7S2. The highest BCUT2D eigenvalue weighted by atomic mass is 33.1. The summed E-state index contributed by atoms with van der Waals surface area (Å²) in [5, 5.41) is 20.3. The number of carbonyl (C=O) groups excluding carboxylic acids is 1. The Balaban J connectivity index is 0.969. The van der Waals surface area contributed by atoms with Crippen LogP contribution in [0, 0.1) is 18.8 Å². The molecule has 6 bridgehead atoms. The molecule has 10 heterocycles. The lowest BCUT2D eigenvalue weighted by Crippen LogP contribution is -2.55. The van der Waals surface area contributed by atoms with Crippen molar-refractivity contribution in [1.29, 1.82) is 0 Å². The summed E-state index contributed by atoms with van der Waals surface area (Å²) in [4.78, 5) is 31.4. The second kappa shape index (κ2) is 14.0. The number of aromatic nitrogens is 2. The van der Waals surface area contributed by atoms with Crippen LogP contribution in [0.2, 0.25) is 0 Å². The summed E-state index contributed by atoms with van der Waals surface area (Å²) in [5.74, 6) is 2.04. The monoisotopic (exact) mass is 848 g/mol. The Kier molecular flexibility index (Phi) is 8.81. The number of phenols is 1. The van der Waals surface area contributed by atoms with Crippen molar-refractivity contribution in [3.8, 4) is 11.5 Å². The molecule has 1 spiro atoms. The number of rotatable bonds is 2. The Labute approximate surface area is 354 Å². The Morgan fingerprint density at radius 1 is 1.07 bits per heavy atom. The van der Waals surface area contributed by atoms with Gasteiger partial charge in [-0.25, -0.2) is 4.79 Å². The molecular weight excluding hydrogens is 801 g/mol. The van der Waals surface area contributed by atoms with Crippen molar-refractivity contribution in [2.24, 2.45) is 23.3 Å². The first-order chi connectivity index (χ1) is 29.0. The van der Waals surface area contributed by atoms with Crippen LogP contribution in [0.15, 0.2) is 105 Å². The molecule has 7 aliphatic heterocycles. The maximum Gasteiger partial charge on any atom is 0.342 e. The molecule has 12 rings (SSSR count). The van der Waals surface area contributed by atoms with Gasteiger partial charge in [0.05, 0.1) is 29.5 Å². The number of phenolic OH excluding ortho intramolecular Hbond substituents is 1. The lowest BCUT2D eigenvalue weighted by molar-refractivity contribution is -0.174. The smallest absolute Gasteiger partial charge is 0.342 e. The van der Waals surface area contributed by atoms with Gasteiger partial charge in [0, 0.05) is 83.6 Å². The fraction of sp³-hybridized carbons (Fsp3) is 0.422. The predicted octanol–water partition coefficient (Wildman–Crippen LogP) is 6.00. The van der Waals surface area contributed by atoms with Crippen LogP contribution in [-0.4, -0.2) is 67.6 Å². The number of dihydropyridines is 2. The van der Waals surface area contributed by atoms with E-state index in [1.165, 1.54) is 6.07 Å². The molecule has 1 aliphatic carbocycles. The van der Waals surface area contributed by atoms with E-state index in [1.807, 2.05) is 19.2 Å². The second-order valence-corrected chi connectivity index (χ2v) is 20.1. The molecule has 2 saturated heterocycles. The van der Waals surface area contributed by atoms with Crippen LogP contribution in [0.5, 0.6) is 11.5 Å². The molecule has 1 aromatic carbocycles. The van der Waals surface area contributed by atoms with Crippen molar-refractivity contribution in [2.45, 2.75) is 93.9 Å². The number of aromatic amines is 1. The zero-order valence-electron chi connectivity index (χ0n) is 33.4. The van der Waals surface area contributed by atoms with Gasteiger partial charge in [-0.15, -0.1) is 0 Å². The Hall–Kier alpha value is -5.12. The first-order valence-corrected chi connectivity index (χ1v) is 23.3. The van der Waals surface area contributed by atoms with Gasteiger partial charge in [0.25, 0.3) is 0 Å². The number of hydrogen-bond donors (Lipinski definition) is 6. The van der Waals surface area contributed by atoms with Crippen LogP contribution in [0.25, 0.3) is 21.9 Å². The molecule has 312 valence electrons. The highest BCUT2D eigenvalue weighted by Crippen LogP contribution is 2.59. The molecule has 8 aliphatic rings. The van der Waals surface area contributed by atoms with E-state index in [4.69, 9.17) is 30.1 Å². The number of aryl methyl sites for hydroxylation is 1. The number of allylic oxidation sites excluding steroid dienone is 3. The average Bonchev–Trinajstić information content (AvgIpc) is 3.55. The van der Waals surface area contributed by atoms with Gasteiger partial charge < -0.3 is 55.4 Å². The minimum Gasteiger partial charge on any atom is -0.507 e. The summed E-state index contributed by atoms with van der Waals surface area (Å²) in [7, 11) is 3.41. The second-order valence-electron chi connectivity index (χ2n) is 17.5. The molecule has 4 aromatic rings. The fourth-order valence-electron chi connectivity index (χ4n) is 10.8. The molecule has 0 radical (unpaired) electrons. The number of hydrogen-bond acceptors (Lipinski definition) is 13. The molecule has 2 fully saturated rings. The molecule has 3 aromatic heterocycles. The van der Waals surface area contributed by atoms with Crippen LogP contribution >= 0.6 is 21.6 Å². The van der Waals surface area contributed by atoms with Crippen molar-refractivity contribution < 1.29 is 28.5 Å². The zero-order chi connectivity index (χ0) is 41.1. The quantitative estimate of drug-likeness (QED) is 0.0596. The van der Waals surface area contributed by atoms with E-state index in [-0.39, 0.29) is 52.2 Å². The number of fused-ring (bicyclic) bond motifs is 7. The lowest BCUT2D eigenvalue weighted by atomic mass is 9.68. The Bertz CT molecular complexity index is 2660. The summed E-state index contributed by atoms with van der Waals surface area (Å²) in [6.45, 7) is 4.40. The number of nitrogens with two attached hydrogens (primary N) is 2. The minimum absolute atomic E-state index is 0.0597. The van der Waals surface area contributed by atoms with Gasteiger partial charge in [-0.05, 0) is 68.7 Å². The van der Waals surface area contributed by atoms with Crippen LogP contribution in [0.1, 0.15) is 56.3 Å². The Morgan fingerprint density at radius 2 is 1.95 bits per heavy atom. The van der Waals surface area contributed by atoms with Crippen molar-refractivity contribution in [3.05, 3.63) is 117 Å². The standard InChI is InChI=1S/C45H48N6O7S2/c1-22-13-32(52)38-33(55-22)17-34-39(40(38)53)37-24-4-6-26(7-5-24)45-35(58-45)8-3-23-14-30(50-36(46)15-23)28-16-27(19-51-18-25-9-11-48-31(25)20-51)49-42(47)29(28)21-60-59-12-10-44(2,57-34)41(37)56-43(45)54/h4,6,9,11,13-18,20,24,26-27,30,35,37,41,48-50,53H,3,5,7-8,10,12,19,21,46-47H2,1-2H3. The molecule has 0 saturated carbocycles. The molecule has 13 nitrogen and oxygen atoms in total. The number of esters is 1. The average molecular weight is 849 g/mol. The summed E-state index contributed by atoms with van der Waals surface area (Å²) < 4.78 is 28.4. The minimum atomic E-state index is -1.14. The first kappa shape index (κ1) is 37.8. The van der Waals surface area contributed by atoms with E-state index >= 15 is 0 Å². The number of nitrogens with zero attached hydrogens (tertiary/aromatic N) is 1. The van der Waals surface area contributed by atoms with Gasteiger partial charge in [0.15, 0.2) is 11.0 Å². The van der Waals surface area contributed by atoms with Gasteiger partial charge in [0.2, 0.25) is 0 Å². The van der Waals surface area contributed by atoms with Crippen molar-refractivity contribution in [1.82, 2.24) is 20.2 Å². The van der Waals surface area contributed by atoms with E-state index in [1.54, 1.807) is 34.6 Å². The van der Waals surface area contributed by atoms with E-state index in [0.29, 0.717) is 72.4 Å². The van der Waals surface area contributed by atoms with Gasteiger partial charge in [-0.3, -0.25) is 4.79 Å². The van der Waals surface area contributed by atoms with Gasteiger partial charge in [0.1, 0.15) is 45.8 Å². The fourth-order valence-corrected chi connectivity index (χ4v) is 13.1. The van der Waals surface area contributed by atoms with E-state index < -0.39 is 29.2 Å². The summed E-state index contributed by atoms with van der Waals surface area (Å²) in [6.07, 6.45) is 19.0. The maximum absolute atomic E-state index is 14.8. The number of benzene rings is 1. The lowest BCUT2D eigenvalue weighted by Gasteiger charge is -2.48. The van der Waals surface area contributed by atoms with Crippen molar-refractivity contribution >= 4 is 49.4 Å². The topological polar surface area (TPSA) is 195 Å². The third-order valence-electron chi connectivity index (χ3n) is 13.7. The Morgan fingerprint density at radius 3 is 2.78 bits per heavy atom. The van der Waals surface area contributed by atoms with Crippen molar-refractivity contribution in [2.75, 3.05) is 11.5 Å². The number of aromatic hydroxyl groups is 1. The maximum atomic E-state index is 14.8. The number of nitrogens with one attached hydrogen (secondary N) is 3. The number of epoxide rings is 1.